The summed E-state index contributed by atoms with van der Waals surface area (Å²) in [6.07, 6.45) is 0. The predicted octanol–water partition coefficient (Wildman–Crippen LogP) is 4.45. The second kappa shape index (κ2) is 6.22. The Kier molecular flexibility index (Phi) is 4.61. The molecule has 0 aliphatic carbocycles. The number of rotatable bonds is 4. The van der Waals surface area contributed by atoms with Gasteiger partial charge in [-0.3, -0.25) is 0 Å². The first-order valence-corrected chi connectivity index (χ1v) is 7.28. The van der Waals surface area contributed by atoms with E-state index in [9.17, 15) is 4.39 Å². The van der Waals surface area contributed by atoms with Gasteiger partial charge >= 0.3 is 0 Å². The average Bonchev–Trinajstić information content (AvgIpc) is 2.37. The molecule has 0 spiro atoms. The van der Waals surface area contributed by atoms with Crippen molar-refractivity contribution >= 4 is 11.8 Å². The van der Waals surface area contributed by atoms with E-state index in [2.05, 4.69) is 25.1 Å². The van der Waals surface area contributed by atoms with Gasteiger partial charge in [-0.2, -0.15) is 0 Å². The van der Waals surface area contributed by atoms with Crippen molar-refractivity contribution in [1.29, 1.82) is 0 Å². The Hall–Kier alpha value is -1.32. The Bertz CT molecular complexity index is 566. The topological polar surface area (TPSA) is 26.0 Å². The number of nitrogens with two attached hydrogens (primary N) is 1. The molecule has 2 aromatic carbocycles. The molecule has 0 aliphatic rings. The molecule has 2 N–H and O–H groups in total. The van der Waals surface area contributed by atoms with Gasteiger partial charge < -0.3 is 5.73 Å². The Labute approximate surface area is 118 Å². The van der Waals surface area contributed by atoms with Gasteiger partial charge in [0, 0.05) is 16.7 Å². The number of halogens is 1. The monoisotopic (exact) mass is 275 g/mol. The summed E-state index contributed by atoms with van der Waals surface area (Å²) in [6, 6.07) is 13.4. The predicted molar refractivity (Wildman–Crippen MR) is 79.7 cm³/mol. The number of benzene rings is 2. The van der Waals surface area contributed by atoms with Crippen LogP contribution in [0.25, 0.3) is 0 Å². The fourth-order valence-electron chi connectivity index (χ4n) is 1.88. The molecular weight excluding hydrogens is 257 g/mol. The minimum absolute atomic E-state index is 0.134. The highest BCUT2D eigenvalue weighted by Gasteiger charge is 2.07. The molecule has 1 unspecified atom stereocenters. The molecule has 3 heteroatoms. The highest BCUT2D eigenvalue weighted by atomic mass is 32.2. The molecular formula is C16H18FNS. The van der Waals surface area contributed by atoms with E-state index in [4.69, 9.17) is 5.73 Å². The molecule has 0 aliphatic heterocycles. The first-order valence-electron chi connectivity index (χ1n) is 6.29. The lowest BCUT2D eigenvalue weighted by Gasteiger charge is -2.09. The van der Waals surface area contributed by atoms with E-state index in [-0.39, 0.29) is 11.9 Å². The largest absolute Gasteiger partial charge is 0.324 e. The quantitative estimate of drug-likeness (QED) is 0.834. The van der Waals surface area contributed by atoms with Gasteiger partial charge in [0.05, 0.1) is 0 Å². The molecule has 100 valence electrons. The van der Waals surface area contributed by atoms with Crippen LogP contribution in [0.3, 0.4) is 0 Å². The molecule has 2 aromatic rings. The number of thioether (sulfide) groups is 1. The summed E-state index contributed by atoms with van der Waals surface area (Å²) in [7, 11) is 0. The average molecular weight is 275 g/mol. The van der Waals surface area contributed by atoms with Crippen LogP contribution < -0.4 is 5.73 Å². The minimum atomic E-state index is -0.188. The summed E-state index contributed by atoms with van der Waals surface area (Å²) in [5.74, 6) is 0.586. The molecule has 0 amide bonds. The summed E-state index contributed by atoms with van der Waals surface area (Å²) in [4.78, 5) is 0.672. The zero-order valence-corrected chi connectivity index (χ0v) is 12.0. The maximum absolute atomic E-state index is 13.9. The lowest BCUT2D eigenvalue weighted by atomic mass is 10.1. The third-order valence-corrected chi connectivity index (χ3v) is 4.08. The second-order valence-corrected chi connectivity index (χ2v) is 5.77. The van der Waals surface area contributed by atoms with Crippen LogP contribution in [0, 0.1) is 12.7 Å². The molecule has 1 atom stereocenters. The fourth-order valence-corrected chi connectivity index (χ4v) is 2.74. The van der Waals surface area contributed by atoms with Crippen molar-refractivity contribution in [2.75, 3.05) is 0 Å². The molecule has 0 fully saturated rings. The summed E-state index contributed by atoms with van der Waals surface area (Å²) in [5, 5.41) is 0. The molecule has 19 heavy (non-hydrogen) atoms. The first-order chi connectivity index (χ1) is 9.06. The summed E-state index contributed by atoms with van der Waals surface area (Å²) in [5.41, 5.74) is 9.01. The zero-order valence-electron chi connectivity index (χ0n) is 11.2. The van der Waals surface area contributed by atoms with Gasteiger partial charge in [0.2, 0.25) is 0 Å². The molecule has 0 aromatic heterocycles. The van der Waals surface area contributed by atoms with Crippen LogP contribution in [-0.2, 0) is 5.75 Å². The highest BCUT2D eigenvalue weighted by molar-refractivity contribution is 7.98. The molecule has 0 heterocycles. The first kappa shape index (κ1) is 14.1. The van der Waals surface area contributed by atoms with Crippen molar-refractivity contribution in [2.45, 2.75) is 30.5 Å². The molecule has 0 radical (unpaired) electrons. The van der Waals surface area contributed by atoms with Gasteiger partial charge in [-0.25, -0.2) is 4.39 Å². The molecule has 2 rings (SSSR count). The Balaban J connectivity index is 2.07. The molecule has 0 saturated carbocycles. The number of hydrogen-bond donors (Lipinski definition) is 1. The van der Waals surface area contributed by atoms with E-state index < -0.39 is 0 Å². The molecule has 1 nitrogen and oxygen atoms in total. The SMILES string of the molecule is Cc1cccc(CSc2ccc(C(C)N)cc2F)c1. The van der Waals surface area contributed by atoms with Crippen molar-refractivity contribution in [3.8, 4) is 0 Å². The van der Waals surface area contributed by atoms with E-state index in [0.717, 1.165) is 11.3 Å². The van der Waals surface area contributed by atoms with Crippen molar-refractivity contribution in [1.82, 2.24) is 0 Å². The standard InChI is InChI=1S/C16H18FNS/c1-11-4-3-5-13(8-11)10-19-16-7-6-14(12(2)18)9-15(16)17/h3-9,12H,10,18H2,1-2H3. The smallest absolute Gasteiger partial charge is 0.137 e. The van der Waals surface area contributed by atoms with E-state index in [0.29, 0.717) is 4.90 Å². The van der Waals surface area contributed by atoms with Gasteiger partial charge in [-0.15, -0.1) is 11.8 Å². The summed E-state index contributed by atoms with van der Waals surface area (Å²) in [6.45, 7) is 3.92. The van der Waals surface area contributed by atoms with E-state index in [1.807, 2.05) is 25.1 Å². The lowest BCUT2D eigenvalue weighted by molar-refractivity contribution is 0.596. The van der Waals surface area contributed by atoms with Gasteiger partial charge in [-0.05, 0) is 37.1 Å². The van der Waals surface area contributed by atoms with Crippen LogP contribution in [0.5, 0.6) is 0 Å². The van der Waals surface area contributed by atoms with Crippen LogP contribution in [0.1, 0.15) is 29.7 Å². The zero-order chi connectivity index (χ0) is 13.8. The normalized spacial score (nSPS) is 12.4. The Morgan fingerprint density at radius 2 is 2.00 bits per heavy atom. The van der Waals surface area contributed by atoms with Gasteiger partial charge in [0.1, 0.15) is 5.82 Å². The fraction of sp³-hybridized carbons (Fsp3) is 0.250. The van der Waals surface area contributed by atoms with Crippen molar-refractivity contribution < 1.29 is 4.39 Å². The van der Waals surface area contributed by atoms with Crippen LogP contribution in [-0.4, -0.2) is 0 Å². The Morgan fingerprint density at radius 1 is 1.21 bits per heavy atom. The van der Waals surface area contributed by atoms with Crippen LogP contribution in [0.4, 0.5) is 4.39 Å². The molecule has 0 saturated heterocycles. The van der Waals surface area contributed by atoms with Gasteiger partial charge in [-0.1, -0.05) is 35.9 Å². The second-order valence-electron chi connectivity index (χ2n) is 4.76. The van der Waals surface area contributed by atoms with E-state index in [1.54, 1.807) is 0 Å². The minimum Gasteiger partial charge on any atom is -0.324 e. The summed E-state index contributed by atoms with van der Waals surface area (Å²) >= 11 is 1.51. The van der Waals surface area contributed by atoms with E-state index >= 15 is 0 Å². The third kappa shape index (κ3) is 3.82. The number of hydrogen-bond acceptors (Lipinski definition) is 2. The summed E-state index contributed by atoms with van der Waals surface area (Å²) < 4.78 is 13.9. The maximum Gasteiger partial charge on any atom is 0.137 e. The van der Waals surface area contributed by atoms with Gasteiger partial charge in [0.15, 0.2) is 0 Å². The van der Waals surface area contributed by atoms with Crippen LogP contribution in [0.2, 0.25) is 0 Å². The van der Waals surface area contributed by atoms with Gasteiger partial charge in [0.25, 0.3) is 0 Å². The highest BCUT2D eigenvalue weighted by Crippen LogP contribution is 2.27. The third-order valence-electron chi connectivity index (χ3n) is 2.96. The maximum atomic E-state index is 13.9. The van der Waals surface area contributed by atoms with Crippen molar-refractivity contribution in [2.24, 2.45) is 5.73 Å². The van der Waals surface area contributed by atoms with Crippen molar-refractivity contribution in [3.05, 3.63) is 65.0 Å². The number of aryl methyl sites for hydroxylation is 1. The van der Waals surface area contributed by atoms with Crippen molar-refractivity contribution in [3.63, 3.8) is 0 Å². The Morgan fingerprint density at radius 3 is 2.63 bits per heavy atom. The molecule has 0 bridgehead atoms. The van der Waals surface area contributed by atoms with Crippen LogP contribution >= 0.6 is 11.8 Å². The van der Waals surface area contributed by atoms with E-state index in [1.165, 1.54) is 29.0 Å². The lowest BCUT2D eigenvalue weighted by Crippen LogP contribution is -2.05. The van der Waals surface area contributed by atoms with Crippen LogP contribution in [0.15, 0.2) is 47.4 Å².